The molecule has 2 rings (SSSR count). The van der Waals surface area contributed by atoms with Crippen molar-refractivity contribution in [2.24, 2.45) is 5.73 Å². The van der Waals surface area contributed by atoms with Gasteiger partial charge in [0.15, 0.2) is 11.1 Å². The smallest absolute Gasteiger partial charge is 0.337 e. The minimum atomic E-state index is -0.364. The highest BCUT2D eigenvalue weighted by atomic mass is 32.1. The third-order valence-electron chi connectivity index (χ3n) is 2.61. The number of ether oxygens (including phenoxy) is 1. The zero-order valence-electron chi connectivity index (χ0n) is 11.1. The van der Waals surface area contributed by atoms with Crippen molar-refractivity contribution in [1.82, 2.24) is 4.98 Å². The maximum absolute atomic E-state index is 11.4. The highest BCUT2D eigenvalue weighted by Gasteiger charge is 2.11. The molecule has 4 N–H and O–H groups in total. The quantitative estimate of drug-likeness (QED) is 0.457. The molecule has 20 heavy (non-hydrogen) atoms. The van der Waals surface area contributed by atoms with E-state index in [1.54, 1.807) is 12.1 Å². The second-order valence-electron chi connectivity index (χ2n) is 4.04. The lowest BCUT2D eigenvalue weighted by Crippen LogP contribution is -2.20. The first kappa shape index (κ1) is 14.0. The van der Waals surface area contributed by atoms with E-state index in [1.165, 1.54) is 18.4 Å². The van der Waals surface area contributed by atoms with E-state index >= 15 is 0 Å². The van der Waals surface area contributed by atoms with E-state index in [4.69, 9.17) is 11.1 Å². The topological polar surface area (TPSA) is 101 Å². The molecule has 0 amide bonds. The molecule has 0 atom stereocenters. The van der Waals surface area contributed by atoms with Crippen LogP contribution in [0.15, 0.2) is 24.3 Å². The summed E-state index contributed by atoms with van der Waals surface area (Å²) in [5.74, 6) is -0.511. The van der Waals surface area contributed by atoms with Crippen LogP contribution < -0.4 is 11.1 Å². The summed E-state index contributed by atoms with van der Waals surface area (Å²) < 4.78 is 4.66. The van der Waals surface area contributed by atoms with Gasteiger partial charge < -0.3 is 15.8 Å². The van der Waals surface area contributed by atoms with E-state index in [-0.39, 0.29) is 11.9 Å². The number of benzene rings is 1. The number of rotatable bonds is 3. The summed E-state index contributed by atoms with van der Waals surface area (Å²) in [4.78, 5) is 16.6. The number of carbonyl (C=O) groups excluding carboxylic acids is 1. The number of guanidine groups is 1. The Bertz CT molecular complexity index is 649. The van der Waals surface area contributed by atoms with E-state index < -0.39 is 0 Å². The second kappa shape index (κ2) is 5.70. The van der Waals surface area contributed by atoms with Crippen LogP contribution in [-0.4, -0.2) is 24.0 Å². The summed E-state index contributed by atoms with van der Waals surface area (Å²) in [6.45, 7) is 1.88. The molecule has 0 aliphatic rings. The average Bonchev–Trinajstić information content (AvgIpc) is 2.78. The zero-order valence-corrected chi connectivity index (χ0v) is 11.9. The molecule has 1 aromatic carbocycles. The van der Waals surface area contributed by atoms with E-state index in [0.29, 0.717) is 10.7 Å². The van der Waals surface area contributed by atoms with Crippen molar-refractivity contribution in [1.29, 1.82) is 5.41 Å². The van der Waals surface area contributed by atoms with Crippen LogP contribution in [0.4, 0.5) is 5.13 Å². The Morgan fingerprint density at radius 3 is 2.60 bits per heavy atom. The largest absolute Gasteiger partial charge is 0.465 e. The summed E-state index contributed by atoms with van der Waals surface area (Å²) in [7, 11) is 1.35. The van der Waals surface area contributed by atoms with Crippen LogP contribution in [-0.2, 0) is 4.74 Å². The summed E-state index contributed by atoms with van der Waals surface area (Å²) in [5, 5.41) is 10.4. The van der Waals surface area contributed by atoms with Gasteiger partial charge in [-0.15, -0.1) is 0 Å². The molecule has 104 valence electrons. The minimum Gasteiger partial charge on any atom is -0.465 e. The van der Waals surface area contributed by atoms with Crippen molar-refractivity contribution >= 4 is 28.4 Å². The number of esters is 1. The molecule has 1 heterocycles. The Balaban J connectivity index is 2.29. The summed E-state index contributed by atoms with van der Waals surface area (Å²) in [6, 6.07) is 7.09. The first-order valence-corrected chi connectivity index (χ1v) is 6.60. The van der Waals surface area contributed by atoms with Crippen molar-refractivity contribution in [3.8, 4) is 10.4 Å². The van der Waals surface area contributed by atoms with Crippen molar-refractivity contribution in [3.05, 3.63) is 35.5 Å². The van der Waals surface area contributed by atoms with Crippen molar-refractivity contribution < 1.29 is 9.53 Å². The normalized spacial score (nSPS) is 10.1. The van der Waals surface area contributed by atoms with Crippen molar-refractivity contribution in [2.75, 3.05) is 12.4 Å². The molecule has 0 spiro atoms. The molecular formula is C13H14N4O2S. The van der Waals surface area contributed by atoms with Crippen molar-refractivity contribution in [3.63, 3.8) is 0 Å². The number of nitrogens with two attached hydrogens (primary N) is 1. The van der Waals surface area contributed by atoms with Gasteiger partial charge in [-0.25, -0.2) is 9.78 Å². The molecule has 0 saturated carbocycles. The Hall–Kier alpha value is -2.41. The number of hydrogen-bond acceptors (Lipinski definition) is 5. The first-order valence-electron chi connectivity index (χ1n) is 5.78. The number of methoxy groups -OCH3 is 1. The summed E-state index contributed by atoms with van der Waals surface area (Å²) >= 11 is 1.40. The summed E-state index contributed by atoms with van der Waals surface area (Å²) in [6.07, 6.45) is 0. The number of nitrogens with zero attached hydrogens (tertiary/aromatic N) is 1. The predicted octanol–water partition coefficient (Wildman–Crippen LogP) is 2.21. The van der Waals surface area contributed by atoms with E-state index in [0.717, 1.165) is 16.1 Å². The Morgan fingerprint density at radius 1 is 1.40 bits per heavy atom. The van der Waals surface area contributed by atoms with Gasteiger partial charge in [0.25, 0.3) is 0 Å². The Morgan fingerprint density at radius 2 is 2.05 bits per heavy atom. The molecular weight excluding hydrogens is 276 g/mol. The number of nitrogens with one attached hydrogen (secondary N) is 2. The molecule has 0 aliphatic carbocycles. The molecule has 0 saturated heterocycles. The number of hydrogen-bond donors (Lipinski definition) is 3. The molecule has 0 aliphatic heterocycles. The van der Waals surface area contributed by atoms with Crippen LogP contribution in [0, 0.1) is 12.3 Å². The summed E-state index contributed by atoms with van der Waals surface area (Å²) in [5.41, 5.74) is 7.56. The van der Waals surface area contributed by atoms with Gasteiger partial charge in [0.1, 0.15) is 0 Å². The fraction of sp³-hybridized carbons (Fsp3) is 0.154. The Labute approximate surface area is 120 Å². The van der Waals surface area contributed by atoms with E-state index in [2.05, 4.69) is 15.0 Å². The standard InChI is InChI=1S/C13H14N4O2S/c1-7-10(20-13(16-7)17-12(14)15)8-3-5-9(6-4-8)11(18)19-2/h3-6H,1-2H3,(H4,14,15,16,17). The fourth-order valence-corrected chi connectivity index (χ4v) is 2.69. The van der Waals surface area contributed by atoms with Gasteiger partial charge >= 0.3 is 5.97 Å². The highest BCUT2D eigenvalue weighted by Crippen LogP contribution is 2.32. The fourth-order valence-electron chi connectivity index (χ4n) is 1.71. The van der Waals surface area contributed by atoms with E-state index in [1.807, 2.05) is 19.1 Å². The monoisotopic (exact) mass is 290 g/mol. The number of thiazole rings is 1. The van der Waals surface area contributed by atoms with Gasteiger partial charge in [0.05, 0.1) is 23.2 Å². The van der Waals surface area contributed by atoms with Gasteiger partial charge in [0, 0.05) is 0 Å². The van der Waals surface area contributed by atoms with Crippen LogP contribution in [0.2, 0.25) is 0 Å². The van der Waals surface area contributed by atoms with Gasteiger partial charge in [-0.2, -0.15) is 0 Å². The van der Waals surface area contributed by atoms with Gasteiger partial charge in [0.2, 0.25) is 0 Å². The lowest BCUT2D eigenvalue weighted by atomic mass is 10.1. The van der Waals surface area contributed by atoms with E-state index in [9.17, 15) is 4.79 Å². The lowest BCUT2D eigenvalue weighted by molar-refractivity contribution is 0.0601. The van der Waals surface area contributed by atoms with Crippen LogP contribution in [0.1, 0.15) is 16.1 Å². The maximum atomic E-state index is 11.4. The number of anilines is 1. The van der Waals surface area contributed by atoms with Crippen molar-refractivity contribution in [2.45, 2.75) is 6.92 Å². The molecule has 0 bridgehead atoms. The van der Waals surface area contributed by atoms with Gasteiger partial charge in [-0.3, -0.25) is 5.41 Å². The Kier molecular flexibility index (Phi) is 3.99. The lowest BCUT2D eigenvalue weighted by Gasteiger charge is -2.01. The van der Waals surface area contributed by atoms with Gasteiger partial charge in [-0.1, -0.05) is 23.5 Å². The van der Waals surface area contributed by atoms with Crippen LogP contribution >= 0.6 is 11.3 Å². The zero-order chi connectivity index (χ0) is 14.7. The molecule has 2 aromatic rings. The number of aromatic nitrogens is 1. The third-order valence-corrected chi connectivity index (χ3v) is 3.73. The molecule has 0 radical (unpaired) electrons. The minimum absolute atomic E-state index is 0.147. The second-order valence-corrected chi connectivity index (χ2v) is 5.04. The van der Waals surface area contributed by atoms with Crippen LogP contribution in [0.5, 0.6) is 0 Å². The predicted molar refractivity (Wildman–Crippen MR) is 79.2 cm³/mol. The van der Waals surface area contributed by atoms with Crippen LogP contribution in [0.25, 0.3) is 10.4 Å². The molecule has 1 aromatic heterocycles. The molecule has 7 heteroatoms. The maximum Gasteiger partial charge on any atom is 0.337 e. The van der Waals surface area contributed by atoms with Gasteiger partial charge in [-0.05, 0) is 24.6 Å². The molecule has 0 fully saturated rings. The number of carbonyl (C=O) groups is 1. The van der Waals surface area contributed by atoms with Crippen LogP contribution in [0.3, 0.4) is 0 Å². The average molecular weight is 290 g/mol. The third kappa shape index (κ3) is 2.94. The molecule has 6 nitrogen and oxygen atoms in total. The highest BCUT2D eigenvalue weighted by molar-refractivity contribution is 7.19. The first-order chi connectivity index (χ1) is 9.51. The number of aryl methyl sites for hydroxylation is 1. The molecule has 0 unspecified atom stereocenters. The SMILES string of the molecule is COC(=O)c1ccc(-c2sc(NC(=N)N)nc2C)cc1.